The summed E-state index contributed by atoms with van der Waals surface area (Å²) >= 11 is 2.21. The van der Waals surface area contributed by atoms with E-state index in [0.717, 1.165) is 14.8 Å². The molecule has 2 aromatic carbocycles. The van der Waals surface area contributed by atoms with Gasteiger partial charge in [0.05, 0.1) is 0 Å². The number of nitrogens with one attached hydrogen (secondary N) is 1. The van der Waals surface area contributed by atoms with E-state index in [4.69, 9.17) is 0 Å². The van der Waals surface area contributed by atoms with Crippen molar-refractivity contribution in [1.29, 1.82) is 0 Å². The molecule has 0 fully saturated rings. The predicted octanol–water partition coefficient (Wildman–Crippen LogP) is 4.00. The molecule has 0 saturated heterocycles. The number of halogens is 2. The average Bonchev–Trinajstić information content (AvgIpc) is 2.41. The zero-order chi connectivity index (χ0) is 13.7. The average molecular weight is 369 g/mol. The normalized spacial score (nSPS) is 10.2. The van der Waals surface area contributed by atoms with E-state index in [1.165, 1.54) is 12.1 Å². The van der Waals surface area contributed by atoms with Crippen molar-refractivity contribution in [2.24, 2.45) is 0 Å². The Morgan fingerprint density at radius 2 is 1.68 bits per heavy atom. The van der Waals surface area contributed by atoms with Gasteiger partial charge in [0.25, 0.3) is 0 Å². The Balaban J connectivity index is 1.84. The highest BCUT2D eigenvalue weighted by Crippen LogP contribution is 2.12. The van der Waals surface area contributed by atoms with Crippen molar-refractivity contribution in [2.45, 2.75) is 12.8 Å². The topological polar surface area (TPSA) is 29.1 Å². The fourth-order valence-electron chi connectivity index (χ4n) is 1.67. The minimum atomic E-state index is -0.257. The second kappa shape index (κ2) is 6.65. The van der Waals surface area contributed by atoms with Crippen molar-refractivity contribution < 1.29 is 9.18 Å². The summed E-state index contributed by atoms with van der Waals surface area (Å²) in [5.74, 6) is -0.294. The predicted molar refractivity (Wildman–Crippen MR) is 82.5 cm³/mol. The third-order valence-electron chi connectivity index (χ3n) is 2.68. The largest absolute Gasteiger partial charge is 0.326 e. The molecule has 0 atom stereocenters. The molecule has 19 heavy (non-hydrogen) atoms. The van der Waals surface area contributed by atoms with Crippen molar-refractivity contribution in [3.8, 4) is 0 Å². The zero-order valence-electron chi connectivity index (χ0n) is 10.2. The van der Waals surface area contributed by atoms with Gasteiger partial charge in [-0.1, -0.05) is 12.1 Å². The third-order valence-corrected chi connectivity index (χ3v) is 3.40. The van der Waals surface area contributed by atoms with Crippen LogP contribution in [0.4, 0.5) is 10.1 Å². The van der Waals surface area contributed by atoms with E-state index in [2.05, 4.69) is 27.9 Å². The van der Waals surface area contributed by atoms with Gasteiger partial charge < -0.3 is 5.32 Å². The molecule has 0 radical (unpaired) electrons. The highest BCUT2D eigenvalue weighted by atomic mass is 127. The van der Waals surface area contributed by atoms with Crippen LogP contribution in [0.1, 0.15) is 12.0 Å². The smallest absolute Gasteiger partial charge is 0.224 e. The van der Waals surface area contributed by atoms with Crippen LogP contribution in [0.15, 0.2) is 48.5 Å². The molecule has 2 nitrogen and oxygen atoms in total. The van der Waals surface area contributed by atoms with Gasteiger partial charge in [0.2, 0.25) is 5.91 Å². The highest BCUT2D eigenvalue weighted by molar-refractivity contribution is 14.1. The molecule has 98 valence electrons. The second-order valence-electron chi connectivity index (χ2n) is 4.18. The summed E-state index contributed by atoms with van der Waals surface area (Å²) in [6, 6.07) is 13.8. The number of aryl methyl sites for hydroxylation is 1. The van der Waals surface area contributed by atoms with Crippen LogP contribution in [0.3, 0.4) is 0 Å². The fraction of sp³-hybridized carbons (Fsp3) is 0.133. The van der Waals surface area contributed by atoms with Crippen LogP contribution >= 0.6 is 22.6 Å². The Morgan fingerprint density at radius 3 is 2.32 bits per heavy atom. The Morgan fingerprint density at radius 1 is 1.05 bits per heavy atom. The minimum absolute atomic E-state index is 0.0365. The molecule has 0 heterocycles. The van der Waals surface area contributed by atoms with Crippen LogP contribution in [-0.2, 0) is 11.2 Å². The maximum Gasteiger partial charge on any atom is 0.224 e. The Hall–Kier alpha value is -1.43. The van der Waals surface area contributed by atoms with Gasteiger partial charge in [0.1, 0.15) is 5.82 Å². The number of carbonyl (C=O) groups excluding carboxylic acids is 1. The van der Waals surface area contributed by atoms with E-state index in [-0.39, 0.29) is 11.7 Å². The molecule has 0 aliphatic rings. The van der Waals surface area contributed by atoms with E-state index < -0.39 is 0 Å². The van der Waals surface area contributed by atoms with Gasteiger partial charge in [-0.2, -0.15) is 0 Å². The van der Waals surface area contributed by atoms with Gasteiger partial charge in [-0.3, -0.25) is 4.79 Å². The lowest BCUT2D eigenvalue weighted by atomic mass is 10.1. The molecular formula is C15H13FINO. The monoisotopic (exact) mass is 369 g/mol. The Bertz CT molecular complexity index is 551. The molecule has 2 aromatic rings. The molecule has 0 aromatic heterocycles. The summed E-state index contributed by atoms with van der Waals surface area (Å²) in [5, 5.41) is 2.83. The number of amides is 1. The van der Waals surface area contributed by atoms with E-state index in [0.29, 0.717) is 12.8 Å². The minimum Gasteiger partial charge on any atom is -0.326 e. The number of benzene rings is 2. The molecule has 2 rings (SSSR count). The first-order chi connectivity index (χ1) is 9.13. The van der Waals surface area contributed by atoms with E-state index >= 15 is 0 Å². The second-order valence-corrected chi connectivity index (χ2v) is 5.43. The summed E-state index contributed by atoms with van der Waals surface area (Å²) in [4.78, 5) is 11.8. The lowest BCUT2D eigenvalue weighted by Crippen LogP contribution is -2.12. The summed E-state index contributed by atoms with van der Waals surface area (Å²) in [5.41, 5.74) is 1.75. The molecule has 4 heteroatoms. The van der Waals surface area contributed by atoms with E-state index in [9.17, 15) is 9.18 Å². The molecule has 0 aliphatic carbocycles. The van der Waals surface area contributed by atoms with Crippen molar-refractivity contribution >= 4 is 34.2 Å². The van der Waals surface area contributed by atoms with Gasteiger partial charge in [0, 0.05) is 15.7 Å². The molecule has 0 bridgehead atoms. The lowest BCUT2D eigenvalue weighted by Gasteiger charge is -2.05. The highest BCUT2D eigenvalue weighted by Gasteiger charge is 2.03. The Kier molecular flexibility index (Phi) is 4.90. The number of carbonyl (C=O) groups is 1. The number of hydrogen-bond acceptors (Lipinski definition) is 1. The number of anilines is 1. The van der Waals surface area contributed by atoms with Crippen LogP contribution in [0.2, 0.25) is 0 Å². The van der Waals surface area contributed by atoms with Gasteiger partial charge in [-0.05, 0) is 71.0 Å². The first-order valence-electron chi connectivity index (χ1n) is 5.93. The number of hydrogen-bond donors (Lipinski definition) is 1. The third kappa shape index (κ3) is 4.63. The van der Waals surface area contributed by atoms with Crippen LogP contribution in [0, 0.1) is 9.39 Å². The first-order valence-corrected chi connectivity index (χ1v) is 7.01. The zero-order valence-corrected chi connectivity index (χ0v) is 12.4. The van der Waals surface area contributed by atoms with Crippen molar-refractivity contribution in [3.63, 3.8) is 0 Å². The van der Waals surface area contributed by atoms with Crippen LogP contribution < -0.4 is 5.32 Å². The summed E-state index contributed by atoms with van der Waals surface area (Å²) in [7, 11) is 0. The van der Waals surface area contributed by atoms with Gasteiger partial charge >= 0.3 is 0 Å². The van der Waals surface area contributed by atoms with Crippen LogP contribution in [-0.4, -0.2) is 5.91 Å². The maximum atomic E-state index is 12.7. The van der Waals surface area contributed by atoms with E-state index in [1.54, 1.807) is 12.1 Å². The van der Waals surface area contributed by atoms with Gasteiger partial charge in [-0.25, -0.2) is 4.39 Å². The van der Waals surface area contributed by atoms with Crippen molar-refractivity contribution in [3.05, 3.63) is 63.5 Å². The molecule has 0 spiro atoms. The fourth-order valence-corrected chi connectivity index (χ4v) is 2.03. The summed E-state index contributed by atoms with van der Waals surface area (Å²) in [6.07, 6.45) is 0.994. The van der Waals surface area contributed by atoms with Crippen molar-refractivity contribution in [1.82, 2.24) is 0 Å². The first kappa shape index (κ1) is 14.0. The molecular weight excluding hydrogens is 356 g/mol. The lowest BCUT2D eigenvalue weighted by molar-refractivity contribution is -0.116. The Labute approximate surface area is 125 Å². The van der Waals surface area contributed by atoms with Gasteiger partial charge in [-0.15, -0.1) is 0 Å². The summed E-state index contributed by atoms with van der Waals surface area (Å²) < 4.78 is 13.9. The molecule has 0 aliphatic heterocycles. The molecule has 0 saturated carbocycles. The standard InChI is InChI=1S/C15H13FINO/c16-12-4-1-11(2-5-12)3-10-15(19)18-14-8-6-13(17)7-9-14/h1-2,4-9H,3,10H2,(H,18,19). The molecule has 1 N–H and O–H groups in total. The maximum absolute atomic E-state index is 12.7. The van der Waals surface area contributed by atoms with Gasteiger partial charge in [0.15, 0.2) is 0 Å². The van der Waals surface area contributed by atoms with Crippen LogP contribution in [0.5, 0.6) is 0 Å². The molecule has 1 amide bonds. The van der Waals surface area contributed by atoms with Crippen LogP contribution in [0.25, 0.3) is 0 Å². The van der Waals surface area contributed by atoms with E-state index in [1.807, 2.05) is 24.3 Å². The quantitative estimate of drug-likeness (QED) is 0.811. The number of rotatable bonds is 4. The van der Waals surface area contributed by atoms with Crippen molar-refractivity contribution in [2.75, 3.05) is 5.32 Å². The summed E-state index contributed by atoms with van der Waals surface area (Å²) in [6.45, 7) is 0. The molecule has 0 unspecified atom stereocenters. The SMILES string of the molecule is O=C(CCc1ccc(F)cc1)Nc1ccc(I)cc1.